The Balaban J connectivity index is 2.17. The van der Waals surface area contributed by atoms with Crippen LogP contribution in [-0.2, 0) is 14.3 Å². The normalized spacial score (nSPS) is 22.4. The van der Waals surface area contributed by atoms with Crippen molar-refractivity contribution in [2.24, 2.45) is 0 Å². The Morgan fingerprint density at radius 3 is 3.00 bits per heavy atom. The number of hydrogen-bond donors (Lipinski definition) is 0. The molecule has 0 bridgehead atoms. The average Bonchev–Trinajstić information content (AvgIpc) is 2.26. The molecule has 0 radical (unpaired) electrons. The van der Waals surface area contributed by atoms with Crippen molar-refractivity contribution < 1.29 is 14.3 Å². The summed E-state index contributed by atoms with van der Waals surface area (Å²) >= 11 is 0. The monoisotopic (exact) mass is 230 g/mol. The van der Waals surface area contributed by atoms with Crippen molar-refractivity contribution in [3.05, 3.63) is 0 Å². The largest absolute Gasteiger partial charge is 0.469 e. The van der Waals surface area contributed by atoms with E-state index in [0.29, 0.717) is 6.42 Å². The van der Waals surface area contributed by atoms with E-state index in [0.717, 1.165) is 32.8 Å². The Morgan fingerprint density at radius 2 is 2.38 bits per heavy atom. The van der Waals surface area contributed by atoms with Gasteiger partial charge in [0.1, 0.15) is 0 Å². The van der Waals surface area contributed by atoms with Gasteiger partial charge in [0, 0.05) is 26.2 Å². The zero-order valence-electron chi connectivity index (χ0n) is 10.4. The molecular weight excluding hydrogens is 208 g/mol. The van der Waals surface area contributed by atoms with Crippen molar-refractivity contribution in [2.75, 3.05) is 54.0 Å². The summed E-state index contributed by atoms with van der Waals surface area (Å²) in [6.45, 7) is 4.34. The molecule has 1 fully saturated rings. The highest BCUT2D eigenvalue weighted by atomic mass is 16.5. The van der Waals surface area contributed by atoms with Crippen LogP contribution < -0.4 is 0 Å². The zero-order valence-corrected chi connectivity index (χ0v) is 10.4. The zero-order chi connectivity index (χ0) is 12.0. The molecule has 0 amide bonds. The molecule has 1 atom stereocenters. The highest BCUT2D eigenvalue weighted by molar-refractivity contribution is 5.69. The summed E-state index contributed by atoms with van der Waals surface area (Å²) in [4.78, 5) is 15.4. The minimum Gasteiger partial charge on any atom is -0.469 e. The van der Waals surface area contributed by atoms with Gasteiger partial charge in [-0.15, -0.1) is 0 Å². The number of ether oxygens (including phenoxy) is 2. The highest BCUT2D eigenvalue weighted by Crippen LogP contribution is 2.04. The van der Waals surface area contributed by atoms with Crippen molar-refractivity contribution >= 4 is 5.97 Å². The lowest BCUT2D eigenvalue weighted by Gasteiger charge is -2.32. The number of morpholine rings is 1. The smallest absolute Gasteiger partial charge is 0.306 e. The van der Waals surface area contributed by atoms with Crippen molar-refractivity contribution in [3.8, 4) is 0 Å². The number of rotatable bonds is 5. The molecule has 0 saturated carbocycles. The summed E-state index contributed by atoms with van der Waals surface area (Å²) in [6, 6.07) is 0. The van der Waals surface area contributed by atoms with Gasteiger partial charge >= 0.3 is 5.97 Å². The molecule has 1 aliphatic heterocycles. The number of carbonyl (C=O) groups excluding carboxylic acids is 1. The molecule has 0 N–H and O–H groups in total. The topological polar surface area (TPSA) is 42.0 Å². The van der Waals surface area contributed by atoms with Crippen LogP contribution in [0.25, 0.3) is 0 Å². The standard InChI is InChI=1S/C11H22N2O3/c1-12(5-4-11(14)15-3)8-10-9-13(2)6-7-16-10/h10H,4-9H2,1-3H3. The third kappa shape index (κ3) is 4.92. The number of esters is 1. The van der Waals surface area contributed by atoms with Crippen molar-refractivity contribution in [1.29, 1.82) is 0 Å². The van der Waals surface area contributed by atoms with Gasteiger partial charge in [-0.25, -0.2) is 0 Å². The maximum Gasteiger partial charge on any atom is 0.306 e. The molecule has 1 rings (SSSR count). The fourth-order valence-corrected chi connectivity index (χ4v) is 1.80. The van der Waals surface area contributed by atoms with Crippen LogP contribution in [0.15, 0.2) is 0 Å². The van der Waals surface area contributed by atoms with Crippen LogP contribution in [0.3, 0.4) is 0 Å². The number of likely N-dealkylation sites (N-methyl/N-ethyl adjacent to an activating group) is 2. The lowest BCUT2D eigenvalue weighted by Crippen LogP contribution is -2.45. The van der Waals surface area contributed by atoms with E-state index in [-0.39, 0.29) is 12.1 Å². The number of carbonyl (C=O) groups is 1. The van der Waals surface area contributed by atoms with E-state index in [9.17, 15) is 4.79 Å². The van der Waals surface area contributed by atoms with Gasteiger partial charge in [0.05, 0.1) is 26.2 Å². The molecule has 1 unspecified atom stereocenters. The van der Waals surface area contributed by atoms with Gasteiger partial charge < -0.3 is 19.3 Å². The van der Waals surface area contributed by atoms with Gasteiger partial charge in [0.15, 0.2) is 0 Å². The first-order valence-electron chi connectivity index (χ1n) is 5.67. The second-order valence-corrected chi connectivity index (χ2v) is 4.34. The predicted molar refractivity (Wildman–Crippen MR) is 61.4 cm³/mol. The molecule has 1 aliphatic rings. The molecule has 1 heterocycles. The first-order chi connectivity index (χ1) is 7.61. The lowest BCUT2D eigenvalue weighted by atomic mass is 10.2. The molecule has 5 heteroatoms. The van der Waals surface area contributed by atoms with Gasteiger partial charge in [0.2, 0.25) is 0 Å². The molecular formula is C11H22N2O3. The van der Waals surface area contributed by atoms with Crippen molar-refractivity contribution in [3.63, 3.8) is 0 Å². The summed E-state index contributed by atoms with van der Waals surface area (Å²) < 4.78 is 10.3. The molecule has 0 aromatic heterocycles. The van der Waals surface area contributed by atoms with Crippen LogP contribution in [0, 0.1) is 0 Å². The molecule has 0 aromatic carbocycles. The molecule has 0 aromatic rings. The Kier molecular flexibility index (Phi) is 5.73. The fourth-order valence-electron chi connectivity index (χ4n) is 1.80. The van der Waals surface area contributed by atoms with Crippen LogP contribution in [0.1, 0.15) is 6.42 Å². The van der Waals surface area contributed by atoms with Crippen molar-refractivity contribution in [2.45, 2.75) is 12.5 Å². The van der Waals surface area contributed by atoms with E-state index in [1.165, 1.54) is 7.11 Å². The van der Waals surface area contributed by atoms with Gasteiger partial charge in [-0.1, -0.05) is 0 Å². The minimum atomic E-state index is -0.159. The van der Waals surface area contributed by atoms with Crippen LogP contribution in [0.5, 0.6) is 0 Å². The van der Waals surface area contributed by atoms with Crippen LogP contribution in [-0.4, -0.2) is 75.9 Å². The summed E-state index contributed by atoms with van der Waals surface area (Å²) in [7, 11) is 5.52. The van der Waals surface area contributed by atoms with Crippen molar-refractivity contribution in [1.82, 2.24) is 9.80 Å². The second-order valence-electron chi connectivity index (χ2n) is 4.34. The van der Waals surface area contributed by atoms with Crippen LogP contribution in [0.4, 0.5) is 0 Å². The van der Waals surface area contributed by atoms with Crippen LogP contribution >= 0.6 is 0 Å². The predicted octanol–water partition coefficient (Wildman–Crippen LogP) is -0.188. The first-order valence-corrected chi connectivity index (χ1v) is 5.67. The summed E-state index contributed by atoms with van der Waals surface area (Å²) in [5.74, 6) is -0.159. The summed E-state index contributed by atoms with van der Waals surface area (Å²) in [6.07, 6.45) is 0.691. The molecule has 1 saturated heterocycles. The number of nitrogens with zero attached hydrogens (tertiary/aromatic N) is 2. The van der Waals surface area contributed by atoms with E-state index in [1.807, 2.05) is 7.05 Å². The van der Waals surface area contributed by atoms with Gasteiger partial charge in [-0.2, -0.15) is 0 Å². The summed E-state index contributed by atoms with van der Waals surface area (Å²) in [5, 5.41) is 0. The maximum atomic E-state index is 11.0. The molecule has 94 valence electrons. The quantitative estimate of drug-likeness (QED) is 0.613. The van der Waals surface area contributed by atoms with Gasteiger partial charge in [0.25, 0.3) is 0 Å². The van der Waals surface area contributed by atoms with Gasteiger partial charge in [-0.05, 0) is 14.1 Å². The third-order valence-corrected chi connectivity index (χ3v) is 2.78. The molecule has 0 aliphatic carbocycles. The molecule has 16 heavy (non-hydrogen) atoms. The van der Waals surface area contributed by atoms with E-state index in [2.05, 4.69) is 21.6 Å². The highest BCUT2D eigenvalue weighted by Gasteiger charge is 2.19. The van der Waals surface area contributed by atoms with Gasteiger partial charge in [-0.3, -0.25) is 4.79 Å². The van der Waals surface area contributed by atoms with E-state index in [1.54, 1.807) is 0 Å². The Labute approximate surface area is 97.3 Å². The fraction of sp³-hybridized carbons (Fsp3) is 0.909. The second kappa shape index (κ2) is 6.83. The molecule has 5 nitrogen and oxygen atoms in total. The summed E-state index contributed by atoms with van der Waals surface area (Å²) in [5.41, 5.74) is 0. The number of hydrogen-bond acceptors (Lipinski definition) is 5. The lowest BCUT2D eigenvalue weighted by molar-refractivity contribution is -0.141. The van der Waals surface area contributed by atoms with Crippen LogP contribution in [0.2, 0.25) is 0 Å². The van der Waals surface area contributed by atoms with E-state index < -0.39 is 0 Å². The maximum absolute atomic E-state index is 11.0. The molecule has 0 spiro atoms. The number of methoxy groups -OCH3 is 1. The van der Waals surface area contributed by atoms with E-state index >= 15 is 0 Å². The Hall–Kier alpha value is -0.650. The SMILES string of the molecule is COC(=O)CCN(C)CC1CN(C)CCO1. The Bertz CT molecular complexity index is 223. The average molecular weight is 230 g/mol. The third-order valence-electron chi connectivity index (χ3n) is 2.78. The minimum absolute atomic E-state index is 0.159. The Morgan fingerprint density at radius 1 is 1.62 bits per heavy atom. The van der Waals surface area contributed by atoms with E-state index in [4.69, 9.17) is 4.74 Å². The first kappa shape index (κ1) is 13.4.